The summed E-state index contributed by atoms with van der Waals surface area (Å²) in [5.41, 5.74) is 0.693. The summed E-state index contributed by atoms with van der Waals surface area (Å²) in [4.78, 5) is 19.6. The summed E-state index contributed by atoms with van der Waals surface area (Å²) in [6.45, 7) is 11.3. The molecule has 7 heteroatoms. The van der Waals surface area contributed by atoms with Gasteiger partial charge in [-0.2, -0.15) is 13.2 Å². The summed E-state index contributed by atoms with van der Waals surface area (Å²) < 4.78 is 39.9. The van der Waals surface area contributed by atoms with Crippen LogP contribution in [-0.4, -0.2) is 28.3 Å². The van der Waals surface area contributed by atoms with E-state index in [2.05, 4.69) is 20.8 Å². The lowest BCUT2D eigenvalue weighted by Crippen LogP contribution is -2.54. The van der Waals surface area contributed by atoms with Crippen LogP contribution in [0.3, 0.4) is 0 Å². The van der Waals surface area contributed by atoms with Gasteiger partial charge in [-0.25, -0.2) is 0 Å². The maximum Gasteiger partial charge on any atom is 0.391 e. The van der Waals surface area contributed by atoms with Gasteiger partial charge in [0.25, 0.3) is 0 Å². The highest BCUT2D eigenvalue weighted by Gasteiger charge is 2.61. The van der Waals surface area contributed by atoms with Gasteiger partial charge in [0.2, 0.25) is 0 Å². The fraction of sp³-hybridized carbons (Fsp3) is 0.933. The predicted octanol–water partition coefficient (Wildman–Crippen LogP) is 8.98. The largest absolute Gasteiger partial charge is 0.481 e. The molecule has 0 heterocycles. The standard InChI is InChI=1S/C23H37F3.C5H8O4.C2H6/c1-4-5-15-7-9-19-18-8-6-16-14-17(23(24,25)26)10-12-22(16,3)20(18)11-13-21(15,19)2;6-4(7)2-1-3-5(8)9;1-2/h15-20H,4-14H2,1-3H3;1-3H2,(H,6,7)(H,8,9);1-2H3. The monoisotopic (exact) mass is 532 g/mol. The van der Waals surface area contributed by atoms with Crippen molar-refractivity contribution < 1.29 is 33.0 Å². The third kappa shape index (κ3) is 7.23. The van der Waals surface area contributed by atoms with Gasteiger partial charge in [-0.15, -0.1) is 0 Å². The van der Waals surface area contributed by atoms with Crippen molar-refractivity contribution in [1.82, 2.24) is 0 Å². The second-order valence-electron chi connectivity index (χ2n) is 12.4. The molecule has 37 heavy (non-hydrogen) atoms. The van der Waals surface area contributed by atoms with Crippen molar-refractivity contribution in [1.29, 1.82) is 0 Å². The number of alkyl halides is 3. The SMILES string of the molecule is CC.CCCC1CCC2C3CCC4CC(C(F)(F)F)CCC4(C)C3CCC12C.O=C(O)CCCC(=O)O. The van der Waals surface area contributed by atoms with Crippen LogP contribution in [0.1, 0.15) is 125 Å². The van der Waals surface area contributed by atoms with Crippen LogP contribution in [0.15, 0.2) is 0 Å². The first kappa shape index (κ1) is 31.9. The highest BCUT2D eigenvalue weighted by atomic mass is 19.4. The summed E-state index contributed by atoms with van der Waals surface area (Å²) in [5, 5.41) is 16.1. The number of hydrogen-bond acceptors (Lipinski definition) is 2. The normalized spacial score (nSPS) is 38.5. The lowest BCUT2D eigenvalue weighted by atomic mass is 9.44. The maximum atomic E-state index is 13.3. The van der Waals surface area contributed by atoms with Crippen molar-refractivity contribution >= 4 is 11.9 Å². The van der Waals surface area contributed by atoms with Crippen molar-refractivity contribution in [2.45, 2.75) is 131 Å². The van der Waals surface area contributed by atoms with E-state index in [4.69, 9.17) is 10.2 Å². The van der Waals surface area contributed by atoms with Crippen LogP contribution in [0.4, 0.5) is 13.2 Å². The Morgan fingerprint density at radius 1 is 0.838 bits per heavy atom. The minimum Gasteiger partial charge on any atom is -0.481 e. The van der Waals surface area contributed by atoms with E-state index in [1.165, 1.54) is 44.9 Å². The highest BCUT2D eigenvalue weighted by molar-refractivity contribution is 5.69. The molecule has 4 rings (SSSR count). The lowest BCUT2D eigenvalue weighted by Gasteiger charge is -2.61. The van der Waals surface area contributed by atoms with Crippen LogP contribution in [0.2, 0.25) is 0 Å². The molecular formula is C30H51F3O4. The number of hydrogen-bond donors (Lipinski definition) is 2. The fourth-order valence-corrected chi connectivity index (χ4v) is 8.88. The predicted molar refractivity (Wildman–Crippen MR) is 140 cm³/mol. The van der Waals surface area contributed by atoms with Crippen molar-refractivity contribution in [2.75, 3.05) is 0 Å². The zero-order valence-electron chi connectivity index (χ0n) is 23.7. The van der Waals surface area contributed by atoms with Gasteiger partial charge >= 0.3 is 18.1 Å². The van der Waals surface area contributed by atoms with E-state index < -0.39 is 24.0 Å². The second-order valence-corrected chi connectivity index (χ2v) is 12.4. The average molecular weight is 533 g/mol. The molecule has 4 aliphatic carbocycles. The number of carboxylic acid groups (broad SMARTS) is 2. The van der Waals surface area contributed by atoms with E-state index >= 15 is 0 Å². The molecular weight excluding hydrogens is 481 g/mol. The van der Waals surface area contributed by atoms with E-state index in [0.717, 1.165) is 30.6 Å². The molecule has 0 spiro atoms. The summed E-state index contributed by atoms with van der Waals surface area (Å²) in [6, 6.07) is 0. The van der Waals surface area contributed by atoms with Crippen LogP contribution in [0.5, 0.6) is 0 Å². The molecule has 0 aromatic heterocycles. The maximum absolute atomic E-state index is 13.3. The number of halogens is 3. The first-order valence-corrected chi connectivity index (χ1v) is 14.8. The van der Waals surface area contributed by atoms with E-state index in [1.807, 2.05) is 13.8 Å². The molecule has 4 nitrogen and oxygen atoms in total. The first-order chi connectivity index (χ1) is 17.3. The zero-order valence-corrected chi connectivity index (χ0v) is 23.7. The quantitative estimate of drug-likeness (QED) is 0.358. The van der Waals surface area contributed by atoms with Gasteiger partial charge in [-0.05, 0) is 105 Å². The molecule has 216 valence electrons. The summed E-state index contributed by atoms with van der Waals surface area (Å²) >= 11 is 0. The van der Waals surface area contributed by atoms with Crippen LogP contribution < -0.4 is 0 Å². The van der Waals surface area contributed by atoms with E-state index in [0.29, 0.717) is 30.1 Å². The van der Waals surface area contributed by atoms with Crippen molar-refractivity contribution in [3.8, 4) is 0 Å². The Kier molecular flexibility index (Phi) is 11.4. The Hall–Kier alpha value is -1.27. The third-order valence-electron chi connectivity index (χ3n) is 10.7. The number of carboxylic acids is 2. The Morgan fingerprint density at radius 2 is 1.41 bits per heavy atom. The molecule has 4 saturated carbocycles. The molecule has 0 aromatic rings. The first-order valence-electron chi connectivity index (χ1n) is 14.8. The molecule has 4 fully saturated rings. The number of aliphatic carboxylic acids is 2. The van der Waals surface area contributed by atoms with Crippen LogP contribution in [0, 0.1) is 46.3 Å². The Labute approximate surface area is 222 Å². The lowest BCUT2D eigenvalue weighted by molar-refractivity contribution is -0.208. The third-order valence-corrected chi connectivity index (χ3v) is 10.7. The smallest absolute Gasteiger partial charge is 0.391 e. The van der Waals surface area contributed by atoms with Crippen LogP contribution in [-0.2, 0) is 9.59 Å². The molecule has 4 aliphatic rings. The molecule has 0 aromatic carbocycles. The van der Waals surface area contributed by atoms with E-state index in [1.54, 1.807) is 0 Å². The fourth-order valence-electron chi connectivity index (χ4n) is 8.88. The minimum atomic E-state index is -3.98. The van der Waals surface area contributed by atoms with Gasteiger partial charge in [0.15, 0.2) is 0 Å². The van der Waals surface area contributed by atoms with Gasteiger partial charge in [-0.3, -0.25) is 9.59 Å². The summed E-state index contributed by atoms with van der Waals surface area (Å²) in [5.74, 6) is 0.592. The Balaban J connectivity index is 0.000000374. The molecule has 8 atom stereocenters. The molecule has 0 radical (unpaired) electrons. The number of carbonyl (C=O) groups is 2. The number of fused-ring (bicyclic) bond motifs is 5. The van der Waals surface area contributed by atoms with Crippen molar-refractivity contribution in [3.63, 3.8) is 0 Å². The highest BCUT2D eigenvalue weighted by Crippen LogP contribution is 2.68. The average Bonchev–Trinajstić information content (AvgIpc) is 3.15. The van der Waals surface area contributed by atoms with E-state index in [9.17, 15) is 22.8 Å². The topological polar surface area (TPSA) is 74.6 Å². The molecule has 0 bridgehead atoms. The Morgan fingerprint density at radius 3 is 1.95 bits per heavy atom. The van der Waals surface area contributed by atoms with Gasteiger partial charge < -0.3 is 10.2 Å². The van der Waals surface area contributed by atoms with Gasteiger partial charge in [0.05, 0.1) is 5.92 Å². The second kappa shape index (κ2) is 13.2. The van der Waals surface area contributed by atoms with Gasteiger partial charge in [0.1, 0.15) is 0 Å². The van der Waals surface area contributed by atoms with Gasteiger partial charge in [-0.1, -0.05) is 47.5 Å². The molecule has 8 unspecified atom stereocenters. The number of rotatable bonds is 6. The molecule has 0 saturated heterocycles. The Bertz CT molecular complexity index is 740. The minimum absolute atomic E-state index is 0.0632. The van der Waals surface area contributed by atoms with Crippen LogP contribution in [0.25, 0.3) is 0 Å². The van der Waals surface area contributed by atoms with E-state index in [-0.39, 0.29) is 24.7 Å². The van der Waals surface area contributed by atoms with Crippen molar-refractivity contribution in [3.05, 3.63) is 0 Å². The summed E-state index contributed by atoms with van der Waals surface area (Å²) in [6.07, 6.45) is 8.00. The molecule has 0 amide bonds. The molecule has 2 N–H and O–H groups in total. The van der Waals surface area contributed by atoms with Gasteiger partial charge in [0, 0.05) is 12.8 Å². The van der Waals surface area contributed by atoms with Crippen LogP contribution >= 0.6 is 0 Å². The summed E-state index contributed by atoms with van der Waals surface area (Å²) in [7, 11) is 0. The molecule has 0 aliphatic heterocycles. The zero-order chi connectivity index (χ0) is 28.0. The van der Waals surface area contributed by atoms with Crippen molar-refractivity contribution in [2.24, 2.45) is 46.3 Å².